The number of anilines is 1. The lowest BCUT2D eigenvalue weighted by Gasteiger charge is -2.29. The molecule has 3 rings (SSSR count). The van der Waals surface area contributed by atoms with E-state index in [1.807, 2.05) is 37.3 Å². The zero-order chi connectivity index (χ0) is 18.0. The Kier molecular flexibility index (Phi) is 5.21. The normalized spacial score (nSPS) is 16.7. The molecule has 25 heavy (non-hydrogen) atoms. The molecule has 0 bridgehead atoms. The van der Waals surface area contributed by atoms with Crippen LogP contribution in [0.5, 0.6) is 0 Å². The van der Waals surface area contributed by atoms with Gasteiger partial charge in [0, 0.05) is 19.0 Å². The summed E-state index contributed by atoms with van der Waals surface area (Å²) in [6, 6.07) is 9.95. The van der Waals surface area contributed by atoms with Gasteiger partial charge in [0.25, 0.3) is 0 Å². The maximum Gasteiger partial charge on any atom is 0.229 e. The number of aryl methyl sites for hydroxylation is 1. The van der Waals surface area contributed by atoms with Gasteiger partial charge in [0.05, 0.1) is 16.8 Å². The number of benzene rings is 1. The monoisotopic (exact) mass is 379 g/mol. The van der Waals surface area contributed by atoms with Gasteiger partial charge >= 0.3 is 0 Å². The molecule has 1 N–H and O–H groups in total. The Morgan fingerprint density at radius 1 is 1.24 bits per heavy atom. The minimum absolute atomic E-state index is 0.0819. The first-order valence-electron chi connectivity index (χ1n) is 8.13. The fourth-order valence-corrected chi connectivity index (χ4v) is 4.81. The van der Waals surface area contributed by atoms with Gasteiger partial charge in [-0.3, -0.25) is 4.79 Å². The molecule has 0 aliphatic carbocycles. The maximum absolute atomic E-state index is 12.5. The largest absolute Gasteiger partial charge is 0.302 e. The van der Waals surface area contributed by atoms with Crippen molar-refractivity contribution in [3.05, 3.63) is 36.0 Å². The molecule has 1 fully saturated rings. The first kappa shape index (κ1) is 18.0. The van der Waals surface area contributed by atoms with Crippen molar-refractivity contribution in [2.75, 3.05) is 24.7 Å². The maximum atomic E-state index is 12.5. The number of sulfonamides is 1. The standard InChI is InChI=1S/C17H21N3O3S2/c1-12-15(13-6-4-3-5-7-13)24-17(18-12)19-16(21)14-8-10-20(11-9-14)25(2,22)23/h3-7,14H,8-11H2,1-2H3,(H,18,19,21). The Morgan fingerprint density at radius 3 is 2.48 bits per heavy atom. The number of piperidine rings is 1. The predicted molar refractivity (Wildman–Crippen MR) is 100 cm³/mol. The molecule has 1 aromatic carbocycles. The second kappa shape index (κ2) is 7.23. The second-order valence-corrected chi connectivity index (χ2v) is 9.21. The van der Waals surface area contributed by atoms with Crippen molar-refractivity contribution in [1.82, 2.24) is 9.29 Å². The van der Waals surface area contributed by atoms with Gasteiger partial charge in [-0.05, 0) is 25.3 Å². The number of carbonyl (C=O) groups excluding carboxylic acids is 1. The van der Waals surface area contributed by atoms with Crippen LogP contribution in [0, 0.1) is 12.8 Å². The highest BCUT2D eigenvalue weighted by Gasteiger charge is 2.29. The molecule has 1 saturated heterocycles. The highest BCUT2D eigenvalue weighted by Crippen LogP contribution is 2.33. The molecular formula is C17H21N3O3S2. The number of amides is 1. The Balaban J connectivity index is 1.65. The van der Waals surface area contributed by atoms with Crippen LogP contribution in [0.15, 0.2) is 30.3 Å². The van der Waals surface area contributed by atoms with Gasteiger partial charge in [-0.15, -0.1) is 0 Å². The van der Waals surface area contributed by atoms with Gasteiger partial charge in [-0.1, -0.05) is 41.7 Å². The fourth-order valence-electron chi connectivity index (χ4n) is 2.96. The Hall–Kier alpha value is -1.77. The zero-order valence-electron chi connectivity index (χ0n) is 14.2. The van der Waals surface area contributed by atoms with Gasteiger partial charge in [0.15, 0.2) is 5.13 Å². The Bertz CT molecular complexity index is 855. The number of carbonyl (C=O) groups is 1. The molecule has 2 heterocycles. The zero-order valence-corrected chi connectivity index (χ0v) is 15.9. The molecule has 0 radical (unpaired) electrons. The molecule has 1 aromatic heterocycles. The van der Waals surface area contributed by atoms with Crippen LogP contribution in [0.3, 0.4) is 0 Å². The molecule has 8 heteroatoms. The molecule has 1 aliphatic heterocycles. The fraction of sp³-hybridized carbons (Fsp3) is 0.412. The molecule has 1 amide bonds. The van der Waals surface area contributed by atoms with Crippen molar-refractivity contribution in [1.29, 1.82) is 0 Å². The smallest absolute Gasteiger partial charge is 0.229 e. The van der Waals surface area contributed by atoms with Gasteiger partial charge in [0.1, 0.15) is 0 Å². The van der Waals surface area contributed by atoms with Crippen LogP contribution in [0.1, 0.15) is 18.5 Å². The number of aromatic nitrogens is 1. The van der Waals surface area contributed by atoms with Crippen LogP contribution >= 0.6 is 11.3 Å². The molecule has 0 saturated carbocycles. The molecule has 0 unspecified atom stereocenters. The summed E-state index contributed by atoms with van der Waals surface area (Å²) < 4.78 is 24.5. The van der Waals surface area contributed by atoms with E-state index in [-0.39, 0.29) is 11.8 Å². The highest BCUT2D eigenvalue weighted by molar-refractivity contribution is 7.88. The second-order valence-electron chi connectivity index (χ2n) is 6.23. The summed E-state index contributed by atoms with van der Waals surface area (Å²) in [5.41, 5.74) is 1.97. The third-order valence-corrected chi connectivity index (χ3v) is 6.78. The van der Waals surface area contributed by atoms with Crippen LogP contribution in [0.25, 0.3) is 10.4 Å². The quantitative estimate of drug-likeness (QED) is 0.886. The minimum atomic E-state index is -3.18. The number of rotatable bonds is 4. The Morgan fingerprint density at radius 2 is 1.88 bits per heavy atom. The van der Waals surface area contributed by atoms with Crippen molar-refractivity contribution in [3.8, 4) is 10.4 Å². The third-order valence-electron chi connectivity index (χ3n) is 4.36. The van der Waals surface area contributed by atoms with Gasteiger partial charge in [-0.25, -0.2) is 17.7 Å². The lowest BCUT2D eigenvalue weighted by molar-refractivity contribution is -0.120. The number of hydrogen-bond donors (Lipinski definition) is 1. The summed E-state index contributed by atoms with van der Waals surface area (Å²) in [7, 11) is -3.18. The molecule has 6 nitrogen and oxygen atoms in total. The first-order chi connectivity index (χ1) is 11.8. The SMILES string of the molecule is Cc1nc(NC(=O)C2CCN(S(C)(=O)=O)CC2)sc1-c1ccccc1. The van der Waals surface area contributed by atoms with E-state index in [4.69, 9.17) is 0 Å². The lowest BCUT2D eigenvalue weighted by atomic mass is 9.97. The Labute approximate surface area is 151 Å². The molecule has 0 spiro atoms. The van der Waals surface area contributed by atoms with E-state index in [9.17, 15) is 13.2 Å². The van der Waals surface area contributed by atoms with E-state index in [0.29, 0.717) is 31.1 Å². The van der Waals surface area contributed by atoms with Gasteiger partial charge < -0.3 is 5.32 Å². The number of thiazole rings is 1. The number of nitrogens with one attached hydrogen (secondary N) is 1. The van der Waals surface area contributed by atoms with E-state index in [2.05, 4.69) is 10.3 Å². The van der Waals surface area contributed by atoms with Crippen LogP contribution in [-0.2, 0) is 14.8 Å². The van der Waals surface area contributed by atoms with E-state index in [1.165, 1.54) is 21.9 Å². The van der Waals surface area contributed by atoms with Crippen molar-refractivity contribution < 1.29 is 13.2 Å². The summed E-state index contributed by atoms with van der Waals surface area (Å²) in [4.78, 5) is 18.0. The predicted octanol–water partition coefficient (Wildman–Crippen LogP) is 2.73. The molecule has 1 aliphatic rings. The summed E-state index contributed by atoms with van der Waals surface area (Å²) in [6.45, 7) is 2.71. The third kappa shape index (κ3) is 4.26. The van der Waals surface area contributed by atoms with Gasteiger partial charge in [-0.2, -0.15) is 0 Å². The van der Waals surface area contributed by atoms with E-state index in [1.54, 1.807) is 0 Å². The minimum Gasteiger partial charge on any atom is -0.302 e. The van der Waals surface area contributed by atoms with Gasteiger partial charge in [0.2, 0.25) is 15.9 Å². The summed E-state index contributed by atoms with van der Waals surface area (Å²) >= 11 is 1.46. The lowest BCUT2D eigenvalue weighted by Crippen LogP contribution is -2.40. The van der Waals surface area contributed by atoms with E-state index >= 15 is 0 Å². The molecule has 0 atom stereocenters. The number of nitrogens with zero attached hydrogens (tertiary/aromatic N) is 2. The van der Waals surface area contributed by atoms with Crippen LogP contribution < -0.4 is 5.32 Å². The van der Waals surface area contributed by atoms with Crippen LogP contribution in [-0.4, -0.2) is 43.0 Å². The molecular weight excluding hydrogens is 358 g/mol. The van der Waals surface area contributed by atoms with Crippen molar-refractivity contribution in [2.24, 2.45) is 5.92 Å². The van der Waals surface area contributed by atoms with Crippen LogP contribution in [0.2, 0.25) is 0 Å². The average Bonchev–Trinajstić information content (AvgIpc) is 2.95. The summed E-state index contributed by atoms with van der Waals surface area (Å²) in [5, 5.41) is 3.49. The highest BCUT2D eigenvalue weighted by atomic mass is 32.2. The van der Waals surface area contributed by atoms with Crippen LogP contribution in [0.4, 0.5) is 5.13 Å². The summed E-state index contributed by atoms with van der Waals surface area (Å²) in [5.74, 6) is -0.260. The average molecular weight is 380 g/mol. The molecule has 134 valence electrons. The van der Waals surface area contributed by atoms with Crippen molar-refractivity contribution in [2.45, 2.75) is 19.8 Å². The molecule has 2 aromatic rings. The van der Waals surface area contributed by atoms with E-state index < -0.39 is 10.0 Å². The number of hydrogen-bond acceptors (Lipinski definition) is 5. The van der Waals surface area contributed by atoms with E-state index in [0.717, 1.165) is 16.1 Å². The topological polar surface area (TPSA) is 79.4 Å². The first-order valence-corrected chi connectivity index (χ1v) is 10.8. The van der Waals surface area contributed by atoms with Crippen molar-refractivity contribution in [3.63, 3.8) is 0 Å². The van der Waals surface area contributed by atoms with Crippen molar-refractivity contribution >= 4 is 32.4 Å². The summed E-state index contributed by atoms with van der Waals surface area (Å²) in [6.07, 6.45) is 2.28.